The van der Waals surface area contributed by atoms with Crippen molar-refractivity contribution in [2.45, 2.75) is 39.3 Å². The van der Waals surface area contributed by atoms with Gasteiger partial charge in [-0.25, -0.2) is 0 Å². The monoisotopic (exact) mass is 450 g/mol. The van der Waals surface area contributed by atoms with E-state index in [0.717, 1.165) is 37.9 Å². The fourth-order valence-electron chi connectivity index (χ4n) is 3.03. The normalized spacial score (nSPS) is 23.3. The Morgan fingerprint density at radius 1 is 1.13 bits per heavy atom. The van der Waals surface area contributed by atoms with Crippen molar-refractivity contribution in [3.63, 3.8) is 0 Å². The molecular weight excluding hydrogens is 420 g/mol. The number of hydrogen-bond acceptors (Lipinski definition) is 2. The van der Waals surface area contributed by atoms with Gasteiger partial charge in [0, 0.05) is 33.2 Å². The van der Waals surface area contributed by atoms with Crippen molar-refractivity contribution in [3.05, 3.63) is 0 Å². The van der Waals surface area contributed by atoms with E-state index in [-0.39, 0.29) is 30.5 Å². The molecule has 0 aromatic heterocycles. The summed E-state index contributed by atoms with van der Waals surface area (Å²) >= 11 is 0. The number of guanidine groups is 1. The Bertz CT molecular complexity index is 340. The molecule has 1 saturated heterocycles. The van der Waals surface area contributed by atoms with Crippen LogP contribution < -0.4 is 10.6 Å². The first kappa shape index (κ1) is 22.8. The fourth-order valence-corrected chi connectivity index (χ4v) is 3.03. The van der Waals surface area contributed by atoms with Gasteiger partial charge in [-0.2, -0.15) is 13.2 Å². The quantitative estimate of drug-likeness (QED) is 0.283. The molecule has 0 amide bonds. The van der Waals surface area contributed by atoms with Crippen molar-refractivity contribution in [1.82, 2.24) is 15.5 Å². The maximum Gasteiger partial charge on any atom is 0.390 e. The second kappa shape index (κ2) is 11.3. The van der Waals surface area contributed by atoms with Gasteiger partial charge in [-0.05, 0) is 31.2 Å². The van der Waals surface area contributed by atoms with Crippen LogP contribution in [0.4, 0.5) is 13.2 Å². The molecule has 0 saturated carbocycles. The van der Waals surface area contributed by atoms with Crippen molar-refractivity contribution in [1.29, 1.82) is 0 Å². The molecule has 2 atom stereocenters. The van der Waals surface area contributed by atoms with Crippen LogP contribution in [0.15, 0.2) is 4.99 Å². The Morgan fingerprint density at radius 2 is 1.70 bits per heavy atom. The minimum atomic E-state index is -4.13. The Morgan fingerprint density at radius 3 is 2.22 bits per heavy atom. The second-order valence-corrected chi connectivity index (χ2v) is 6.35. The van der Waals surface area contributed by atoms with Gasteiger partial charge in [-0.1, -0.05) is 13.8 Å². The Kier molecular flexibility index (Phi) is 11.2. The molecule has 4 nitrogen and oxygen atoms in total. The Balaban J connectivity index is 0.00000484. The third kappa shape index (κ3) is 11.0. The SMILES string of the molecule is CN=C(NCCCN1CC(C)CC(C)C1)NCCC(F)(F)F.I. The summed E-state index contributed by atoms with van der Waals surface area (Å²) < 4.78 is 36.2. The summed E-state index contributed by atoms with van der Waals surface area (Å²) in [6.45, 7) is 8.43. The number of hydrogen-bond donors (Lipinski definition) is 2. The molecule has 1 fully saturated rings. The highest BCUT2D eigenvalue weighted by molar-refractivity contribution is 14.0. The Hall–Kier alpha value is -0.250. The van der Waals surface area contributed by atoms with Crippen LogP contribution in [-0.2, 0) is 0 Å². The van der Waals surface area contributed by atoms with E-state index in [1.807, 2.05) is 0 Å². The minimum Gasteiger partial charge on any atom is -0.356 e. The van der Waals surface area contributed by atoms with Crippen molar-refractivity contribution in [2.24, 2.45) is 16.8 Å². The minimum absolute atomic E-state index is 0. The van der Waals surface area contributed by atoms with Crippen LogP contribution in [-0.4, -0.2) is 56.8 Å². The topological polar surface area (TPSA) is 39.7 Å². The van der Waals surface area contributed by atoms with E-state index >= 15 is 0 Å². The number of rotatable bonds is 6. The van der Waals surface area contributed by atoms with E-state index in [4.69, 9.17) is 0 Å². The average molecular weight is 450 g/mol. The molecule has 1 aliphatic heterocycles. The molecule has 0 bridgehead atoms. The van der Waals surface area contributed by atoms with E-state index < -0.39 is 12.6 Å². The average Bonchev–Trinajstić information content (AvgIpc) is 2.39. The van der Waals surface area contributed by atoms with E-state index in [1.54, 1.807) is 7.05 Å². The zero-order valence-corrected chi connectivity index (χ0v) is 16.6. The van der Waals surface area contributed by atoms with Crippen LogP contribution in [0.25, 0.3) is 0 Å². The van der Waals surface area contributed by atoms with Crippen molar-refractivity contribution in [3.8, 4) is 0 Å². The predicted octanol–water partition coefficient (Wildman–Crippen LogP) is 3.09. The number of likely N-dealkylation sites (tertiary alicyclic amines) is 1. The maximum absolute atomic E-state index is 12.1. The molecular formula is C15H30F3IN4. The third-order valence-corrected chi connectivity index (χ3v) is 3.81. The molecule has 8 heteroatoms. The molecule has 2 N–H and O–H groups in total. The molecule has 0 radical (unpaired) electrons. The van der Waals surface area contributed by atoms with Crippen LogP contribution >= 0.6 is 24.0 Å². The number of aliphatic imine (C=N–C) groups is 1. The van der Waals surface area contributed by atoms with E-state index in [9.17, 15) is 13.2 Å². The van der Waals surface area contributed by atoms with Crippen LogP contribution in [0.2, 0.25) is 0 Å². The number of alkyl halides is 3. The molecule has 0 aromatic carbocycles. The van der Waals surface area contributed by atoms with Crippen molar-refractivity contribution in [2.75, 3.05) is 39.8 Å². The van der Waals surface area contributed by atoms with Gasteiger partial charge in [0.1, 0.15) is 0 Å². The van der Waals surface area contributed by atoms with Crippen LogP contribution in [0.5, 0.6) is 0 Å². The smallest absolute Gasteiger partial charge is 0.356 e. The zero-order valence-electron chi connectivity index (χ0n) is 14.2. The van der Waals surface area contributed by atoms with Crippen LogP contribution in [0.1, 0.15) is 33.1 Å². The van der Waals surface area contributed by atoms with Crippen LogP contribution in [0.3, 0.4) is 0 Å². The third-order valence-electron chi connectivity index (χ3n) is 3.81. The van der Waals surface area contributed by atoms with Gasteiger partial charge in [0.05, 0.1) is 6.42 Å². The van der Waals surface area contributed by atoms with E-state index in [1.165, 1.54) is 6.42 Å². The highest BCUT2D eigenvalue weighted by atomic mass is 127. The second-order valence-electron chi connectivity index (χ2n) is 6.35. The predicted molar refractivity (Wildman–Crippen MR) is 99.5 cm³/mol. The molecule has 0 aromatic rings. The van der Waals surface area contributed by atoms with Gasteiger partial charge >= 0.3 is 6.18 Å². The molecule has 0 spiro atoms. The van der Waals surface area contributed by atoms with Gasteiger partial charge in [0.15, 0.2) is 5.96 Å². The lowest BCUT2D eigenvalue weighted by atomic mass is 9.92. The summed E-state index contributed by atoms with van der Waals surface area (Å²) in [7, 11) is 1.57. The summed E-state index contributed by atoms with van der Waals surface area (Å²) in [6.07, 6.45) is -2.73. The summed E-state index contributed by atoms with van der Waals surface area (Å²) in [4.78, 5) is 6.40. The van der Waals surface area contributed by atoms with Crippen molar-refractivity contribution >= 4 is 29.9 Å². The number of nitrogens with zero attached hydrogens (tertiary/aromatic N) is 2. The summed E-state index contributed by atoms with van der Waals surface area (Å²) in [5, 5.41) is 5.75. The van der Waals surface area contributed by atoms with Gasteiger partial charge in [-0.3, -0.25) is 4.99 Å². The van der Waals surface area contributed by atoms with Gasteiger partial charge in [-0.15, -0.1) is 24.0 Å². The molecule has 138 valence electrons. The number of piperidine rings is 1. The molecule has 2 unspecified atom stereocenters. The summed E-state index contributed by atoms with van der Waals surface area (Å²) in [6, 6.07) is 0. The fraction of sp³-hybridized carbons (Fsp3) is 0.933. The van der Waals surface area contributed by atoms with Crippen molar-refractivity contribution < 1.29 is 13.2 Å². The van der Waals surface area contributed by atoms with Crippen LogP contribution in [0, 0.1) is 11.8 Å². The number of halogens is 4. The van der Waals surface area contributed by atoms with Gasteiger partial charge < -0.3 is 15.5 Å². The molecule has 1 rings (SSSR count). The molecule has 1 heterocycles. The highest BCUT2D eigenvalue weighted by Crippen LogP contribution is 2.20. The lowest BCUT2D eigenvalue weighted by molar-refractivity contribution is -0.132. The number of nitrogens with one attached hydrogen (secondary N) is 2. The molecule has 0 aliphatic carbocycles. The first-order valence-electron chi connectivity index (χ1n) is 8.03. The summed E-state index contributed by atoms with van der Waals surface area (Å²) in [5.41, 5.74) is 0. The molecule has 23 heavy (non-hydrogen) atoms. The summed E-state index contributed by atoms with van der Waals surface area (Å²) in [5.74, 6) is 1.92. The highest BCUT2D eigenvalue weighted by Gasteiger charge is 2.26. The largest absolute Gasteiger partial charge is 0.390 e. The first-order chi connectivity index (χ1) is 10.3. The standard InChI is InChI=1S/C15H29F3N4.HI/c1-12-9-13(2)11-22(10-12)8-4-6-20-14(19-3)21-7-5-15(16,17)18;/h12-13H,4-11H2,1-3H3,(H2,19,20,21);1H. The van der Waals surface area contributed by atoms with Gasteiger partial charge in [0.25, 0.3) is 0 Å². The maximum atomic E-state index is 12.1. The van der Waals surface area contributed by atoms with E-state index in [0.29, 0.717) is 12.5 Å². The zero-order chi connectivity index (χ0) is 16.6. The Labute approximate surface area is 154 Å². The van der Waals surface area contributed by atoms with Gasteiger partial charge in [0.2, 0.25) is 0 Å². The lowest BCUT2D eigenvalue weighted by Crippen LogP contribution is -2.42. The molecule has 1 aliphatic rings. The lowest BCUT2D eigenvalue weighted by Gasteiger charge is -2.35. The first-order valence-corrected chi connectivity index (χ1v) is 8.03. The van der Waals surface area contributed by atoms with E-state index in [2.05, 4.69) is 34.4 Å².